The molecule has 232 valence electrons. The standard InChI is InChI=1S/C24H28N4O3.C8H14O4/c1-15-6-5-7-17(10-15)13-22-23(27-28-31-22)21(29)12-16(2)11-18-8-3-4-9-19(18)14-20(25)24(26)30;1-5(2)3-6(8(11)12)4-7(9)10/h3-10,16,20H,11-14,25H2,1-2H3,(H2,26,30);5-6H,3-4H2,1-2H3,(H,9,10)(H,11,12)/t16-,20-;/m0./s1. The number of nitrogens with two attached hydrogens (primary N) is 2. The number of amides is 1. The molecule has 0 bridgehead atoms. The molecule has 11 heteroatoms. The SMILES string of the molecule is CC(C)CC(CC(=O)O)C(=O)O.Cc1cccc(Cc2onnc2C(=O)C[C@@H](C)Cc2ccccc2C[C@H](N)C(N)=O)c1. The van der Waals surface area contributed by atoms with E-state index in [0.29, 0.717) is 37.9 Å². The number of carbonyl (C=O) groups is 4. The summed E-state index contributed by atoms with van der Waals surface area (Å²) in [5.74, 6) is -2.69. The molecule has 0 aliphatic carbocycles. The van der Waals surface area contributed by atoms with Crippen LogP contribution in [0.4, 0.5) is 0 Å². The summed E-state index contributed by atoms with van der Waals surface area (Å²) < 4.78 is 5.28. The van der Waals surface area contributed by atoms with Gasteiger partial charge in [-0.25, -0.2) is 0 Å². The van der Waals surface area contributed by atoms with Crippen molar-refractivity contribution < 1.29 is 33.9 Å². The molecule has 3 rings (SSSR count). The van der Waals surface area contributed by atoms with E-state index in [1.165, 1.54) is 0 Å². The molecule has 0 fully saturated rings. The molecule has 6 N–H and O–H groups in total. The van der Waals surface area contributed by atoms with Gasteiger partial charge in [0.05, 0.1) is 18.4 Å². The van der Waals surface area contributed by atoms with Gasteiger partial charge in [0.25, 0.3) is 0 Å². The van der Waals surface area contributed by atoms with Crippen molar-refractivity contribution in [1.29, 1.82) is 0 Å². The Balaban J connectivity index is 0.000000455. The highest BCUT2D eigenvalue weighted by molar-refractivity contribution is 5.95. The van der Waals surface area contributed by atoms with E-state index in [9.17, 15) is 19.2 Å². The summed E-state index contributed by atoms with van der Waals surface area (Å²) in [7, 11) is 0. The first-order valence-corrected chi connectivity index (χ1v) is 14.2. The molecule has 0 saturated carbocycles. The number of carbonyl (C=O) groups excluding carboxylic acids is 2. The van der Waals surface area contributed by atoms with Gasteiger partial charge < -0.3 is 26.2 Å². The number of nitrogens with zero attached hydrogens (tertiary/aromatic N) is 2. The smallest absolute Gasteiger partial charge is 0.307 e. The number of hydrogen-bond donors (Lipinski definition) is 4. The minimum Gasteiger partial charge on any atom is -0.481 e. The maximum Gasteiger partial charge on any atom is 0.307 e. The molecule has 43 heavy (non-hydrogen) atoms. The van der Waals surface area contributed by atoms with Crippen LogP contribution in [-0.4, -0.2) is 50.3 Å². The molecule has 0 aliphatic heterocycles. The van der Waals surface area contributed by atoms with Crippen LogP contribution in [-0.2, 0) is 33.6 Å². The number of primary amides is 1. The summed E-state index contributed by atoms with van der Waals surface area (Å²) in [5.41, 5.74) is 15.6. The van der Waals surface area contributed by atoms with Crippen LogP contribution < -0.4 is 11.5 Å². The first-order chi connectivity index (χ1) is 20.3. The molecule has 1 amide bonds. The molecule has 3 atom stereocenters. The molecule has 0 saturated heterocycles. The quantitative estimate of drug-likeness (QED) is 0.187. The minimum atomic E-state index is -1.05. The van der Waals surface area contributed by atoms with E-state index in [4.69, 9.17) is 26.2 Å². The number of hydrogen-bond acceptors (Lipinski definition) is 8. The van der Waals surface area contributed by atoms with Gasteiger partial charge >= 0.3 is 11.9 Å². The second kappa shape index (κ2) is 16.9. The summed E-state index contributed by atoms with van der Waals surface area (Å²) in [5, 5.41) is 24.5. The lowest BCUT2D eigenvalue weighted by Gasteiger charge is -2.16. The van der Waals surface area contributed by atoms with Gasteiger partial charge in [-0.3, -0.25) is 19.2 Å². The minimum absolute atomic E-state index is 0.0574. The third-order valence-corrected chi connectivity index (χ3v) is 6.82. The molecule has 2 aromatic carbocycles. The topological polar surface area (TPSA) is 200 Å². The summed E-state index contributed by atoms with van der Waals surface area (Å²) in [6.45, 7) is 7.77. The predicted molar refractivity (Wildman–Crippen MR) is 160 cm³/mol. The molecule has 1 aromatic heterocycles. The summed E-state index contributed by atoms with van der Waals surface area (Å²) in [6, 6.07) is 15.1. The van der Waals surface area contributed by atoms with Crippen LogP contribution in [0, 0.1) is 24.7 Å². The van der Waals surface area contributed by atoms with E-state index in [2.05, 4.69) is 10.4 Å². The number of aliphatic carboxylic acids is 2. The lowest BCUT2D eigenvalue weighted by atomic mass is 9.90. The first-order valence-electron chi connectivity index (χ1n) is 14.2. The highest BCUT2D eigenvalue weighted by Gasteiger charge is 2.23. The number of benzene rings is 2. The van der Waals surface area contributed by atoms with Crippen molar-refractivity contribution in [2.24, 2.45) is 29.2 Å². The number of carboxylic acids is 2. The second-order valence-corrected chi connectivity index (χ2v) is 11.4. The van der Waals surface area contributed by atoms with Crippen LogP contribution in [0.5, 0.6) is 0 Å². The van der Waals surface area contributed by atoms with E-state index >= 15 is 0 Å². The normalized spacial score (nSPS) is 13.0. The fourth-order valence-corrected chi connectivity index (χ4v) is 4.75. The number of carboxylic acid groups (broad SMARTS) is 2. The van der Waals surface area contributed by atoms with Crippen LogP contribution in [0.2, 0.25) is 0 Å². The maximum atomic E-state index is 12.9. The predicted octanol–water partition coefficient (Wildman–Crippen LogP) is 3.98. The van der Waals surface area contributed by atoms with Crippen molar-refractivity contribution >= 4 is 23.6 Å². The van der Waals surface area contributed by atoms with E-state index in [-0.39, 0.29) is 29.7 Å². The van der Waals surface area contributed by atoms with E-state index in [1.807, 2.05) is 76.2 Å². The van der Waals surface area contributed by atoms with Gasteiger partial charge in [0.1, 0.15) is 0 Å². The van der Waals surface area contributed by atoms with Crippen molar-refractivity contribution in [3.63, 3.8) is 0 Å². The Hall–Kier alpha value is -4.38. The number of aryl methyl sites for hydroxylation is 1. The van der Waals surface area contributed by atoms with Crippen molar-refractivity contribution in [2.45, 2.75) is 72.3 Å². The van der Waals surface area contributed by atoms with Gasteiger partial charge in [-0.05, 0) is 54.7 Å². The Bertz CT molecular complexity index is 1390. The number of ketones is 1. The van der Waals surface area contributed by atoms with Crippen molar-refractivity contribution in [3.05, 3.63) is 82.2 Å². The van der Waals surface area contributed by atoms with E-state index < -0.39 is 29.8 Å². The lowest BCUT2D eigenvalue weighted by molar-refractivity contribution is -0.148. The van der Waals surface area contributed by atoms with Crippen molar-refractivity contribution in [1.82, 2.24) is 10.4 Å². The van der Waals surface area contributed by atoms with Gasteiger partial charge in [-0.15, -0.1) is 5.10 Å². The van der Waals surface area contributed by atoms with Crippen LogP contribution in [0.25, 0.3) is 0 Å². The van der Waals surface area contributed by atoms with Gasteiger partial charge in [0.15, 0.2) is 17.2 Å². The fraction of sp³-hybridized carbons (Fsp3) is 0.438. The molecule has 1 heterocycles. The molecule has 3 aromatic rings. The highest BCUT2D eigenvalue weighted by Crippen LogP contribution is 2.21. The monoisotopic (exact) mass is 594 g/mol. The third kappa shape index (κ3) is 12.2. The Morgan fingerprint density at radius 2 is 1.58 bits per heavy atom. The largest absolute Gasteiger partial charge is 0.481 e. The van der Waals surface area contributed by atoms with Crippen molar-refractivity contribution in [3.8, 4) is 0 Å². The number of aromatic nitrogens is 2. The Morgan fingerprint density at radius 3 is 2.14 bits per heavy atom. The zero-order valence-corrected chi connectivity index (χ0v) is 25.2. The molecule has 0 radical (unpaired) electrons. The van der Waals surface area contributed by atoms with E-state index in [0.717, 1.165) is 22.3 Å². The molecule has 0 aliphatic rings. The van der Waals surface area contributed by atoms with E-state index in [1.54, 1.807) is 0 Å². The van der Waals surface area contributed by atoms with Crippen LogP contribution >= 0.6 is 0 Å². The Kier molecular flexibility index (Phi) is 13.7. The average Bonchev–Trinajstić information content (AvgIpc) is 3.37. The first kappa shape index (κ1) is 34.8. The van der Waals surface area contributed by atoms with Gasteiger partial charge in [-0.2, -0.15) is 0 Å². The molecular weight excluding hydrogens is 552 g/mol. The maximum absolute atomic E-state index is 12.9. The van der Waals surface area contributed by atoms with Crippen LogP contribution in [0.1, 0.15) is 78.5 Å². The zero-order valence-electron chi connectivity index (χ0n) is 25.2. The van der Waals surface area contributed by atoms with Gasteiger partial charge in [0.2, 0.25) is 5.91 Å². The summed E-state index contributed by atoms with van der Waals surface area (Å²) in [6.07, 6.45) is 1.96. The van der Waals surface area contributed by atoms with Crippen LogP contribution in [0.15, 0.2) is 53.1 Å². The molecule has 0 spiro atoms. The highest BCUT2D eigenvalue weighted by atomic mass is 16.5. The summed E-state index contributed by atoms with van der Waals surface area (Å²) >= 11 is 0. The van der Waals surface area contributed by atoms with Gasteiger partial charge in [0, 0.05) is 18.1 Å². The Morgan fingerprint density at radius 1 is 0.930 bits per heavy atom. The van der Waals surface area contributed by atoms with Gasteiger partial charge in [-0.1, -0.05) is 74.9 Å². The molecule has 11 nitrogen and oxygen atoms in total. The third-order valence-electron chi connectivity index (χ3n) is 6.82. The van der Waals surface area contributed by atoms with Crippen LogP contribution in [0.3, 0.4) is 0 Å². The molecule has 1 unspecified atom stereocenters. The zero-order chi connectivity index (χ0) is 32.1. The second-order valence-electron chi connectivity index (χ2n) is 11.4. The lowest BCUT2D eigenvalue weighted by Crippen LogP contribution is -2.38. The fourth-order valence-electron chi connectivity index (χ4n) is 4.75. The number of rotatable bonds is 15. The Labute approximate surface area is 251 Å². The van der Waals surface area contributed by atoms with Crippen molar-refractivity contribution in [2.75, 3.05) is 0 Å². The molecular formula is C32H42N4O7. The number of Topliss-reactive ketones (excluding diaryl/α,β-unsaturated/α-hetero) is 1. The average molecular weight is 595 g/mol. The summed E-state index contributed by atoms with van der Waals surface area (Å²) in [4.78, 5) is 45.0.